The summed E-state index contributed by atoms with van der Waals surface area (Å²) in [5, 5.41) is 9.71. The Bertz CT molecular complexity index is 3630. The molecular formula is C58H36N2O. The summed E-state index contributed by atoms with van der Waals surface area (Å²) in [4.78, 5) is 10.4. The highest BCUT2D eigenvalue weighted by Gasteiger charge is 2.19. The van der Waals surface area contributed by atoms with E-state index in [0.717, 1.165) is 66.7 Å². The van der Waals surface area contributed by atoms with Gasteiger partial charge in [0.15, 0.2) is 5.82 Å². The summed E-state index contributed by atoms with van der Waals surface area (Å²) in [7, 11) is 0. The number of hydrogen-bond acceptors (Lipinski definition) is 3. The third-order valence-electron chi connectivity index (χ3n) is 12.1. The summed E-state index contributed by atoms with van der Waals surface area (Å²) in [5.41, 5.74) is 13.6. The normalized spacial score (nSPS) is 11.6. The predicted molar refractivity (Wildman–Crippen MR) is 254 cm³/mol. The Hall–Kier alpha value is -8.14. The first-order valence-electron chi connectivity index (χ1n) is 20.7. The van der Waals surface area contributed by atoms with Crippen molar-refractivity contribution in [2.24, 2.45) is 0 Å². The average Bonchev–Trinajstić information content (AvgIpc) is 3.72. The van der Waals surface area contributed by atoms with Gasteiger partial charge in [-0.3, -0.25) is 0 Å². The van der Waals surface area contributed by atoms with Crippen LogP contribution in [-0.2, 0) is 0 Å². The van der Waals surface area contributed by atoms with Crippen LogP contribution in [-0.4, -0.2) is 9.97 Å². The standard InChI is InChI=1S/C58H36N2O/c1-3-15-39(16-4-1)56-49-24-10-9-23-48(49)55(50-33-30-37-14-7-8-21-45(37)57(50)56)40-28-26-38(27-29-40)51-36-52(60-58(59-51)41-17-5-2-6-18-41)44-20-13-19-42(34-44)43-31-32-47-46-22-11-12-25-53(46)61-54(47)35-43/h1-36H. The molecule has 0 fully saturated rings. The average molecular weight is 777 g/mol. The zero-order chi connectivity index (χ0) is 40.3. The molecular weight excluding hydrogens is 741 g/mol. The first-order valence-corrected chi connectivity index (χ1v) is 20.7. The van der Waals surface area contributed by atoms with E-state index in [1.54, 1.807) is 0 Å². The van der Waals surface area contributed by atoms with Crippen LogP contribution in [0.25, 0.3) is 122 Å². The molecule has 0 aliphatic carbocycles. The van der Waals surface area contributed by atoms with Crippen LogP contribution < -0.4 is 0 Å². The molecule has 0 aliphatic rings. The maximum absolute atomic E-state index is 6.26. The lowest BCUT2D eigenvalue weighted by atomic mass is 9.84. The van der Waals surface area contributed by atoms with E-state index < -0.39 is 0 Å². The molecule has 3 heteroatoms. The number of benzene rings is 10. The molecule has 12 aromatic rings. The second-order valence-corrected chi connectivity index (χ2v) is 15.7. The summed E-state index contributed by atoms with van der Waals surface area (Å²) in [6, 6.07) is 77.6. The highest BCUT2D eigenvalue weighted by atomic mass is 16.3. The molecule has 0 radical (unpaired) electrons. The molecule has 0 atom stereocenters. The maximum atomic E-state index is 6.26. The Kier molecular flexibility index (Phi) is 8.17. The van der Waals surface area contributed by atoms with E-state index in [4.69, 9.17) is 14.4 Å². The van der Waals surface area contributed by atoms with E-state index in [9.17, 15) is 0 Å². The minimum Gasteiger partial charge on any atom is -0.456 e. The summed E-state index contributed by atoms with van der Waals surface area (Å²) >= 11 is 0. The monoisotopic (exact) mass is 776 g/mol. The molecule has 0 bridgehead atoms. The van der Waals surface area contributed by atoms with Gasteiger partial charge in [0, 0.05) is 27.5 Å². The topological polar surface area (TPSA) is 38.9 Å². The van der Waals surface area contributed by atoms with Crippen molar-refractivity contribution in [2.75, 3.05) is 0 Å². The SMILES string of the molecule is c1ccc(-c2nc(-c3ccc(-c4c5ccccc5c(-c5ccccc5)c5c4ccc4ccccc45)cc3)cc(-c3cccc(-c4ccc5c(c4)oc4ccccc45)c3)n2)cc1. The first kappa shape index (κ1) is 34.9. The van der Waals surface area contributed by atoms with E-state index in [1.807, 2.05) is 30.3 Å². The molecule has 0 saturated heterocycles. The van der Waals surface area contributed by atoms with Crippen molar-refractivity contribution in [3.63, 3.8) is 0 Å². The predicted octanol–water partition coefficient (Wildman–Crippen LogP) is 15.8. The van der Waals surface area contributed by atoms with Gasteiger partial charge in [-0.1, -0.05) is 188 Å². The van der Waals surface area contributed by atoms with E-state index in [0.29, 0.717) is 5.82 Å². The van der Waals surface area contributed by atoms with Gasteiger partial charge in [0.05, 0.1) is 11.4 Å². The molecule has 0 amide bonds. The Morgan fingerprint density at radius 1 is 0.279 bits per heavy atom. The van der Waals surface area contributed by atoms with Crippen LogP contribution in [0.1, 0.15) is 0 Å². The smallest absolute Gasteiger partial charge is 0.160 e. The van der Waals surface area contributed by atoms with Gasteiger partial charge in [0.2, 0.25) is 0 Å². The molecule has 0 spiro atoms. The van der Waals surface area contributed by atoms with Crippen LogP contribution in [0.3, 0.4) is 0 Å². The van der Waals surface area contributed by atoms with Gasteiger partial charge in [0.25, 0.3) is 0 Å². The number of para-hydroxylation sites is 1. The molecule has 61 heavy (non-hydrogen) atoms. The zero-order valence-electron chi connectivity index (χ0n) is 33.1. The second kappa shape index (κ2) is 14.3. The van der Waals surface area contributed by atoms with Gasteiger partial charge in [-0.15, -0.1) is 0 Å². The largest absolute Gasteiger partial charge is 0.456 e. The molecule has 0 saturated carbocycles. The first-order chi connectivity index (χ1) is 30.2. The van der Waals surface area contributed by atoms with Crippen molar-refractivity contribution < 1.29 is 4.42 Å². The van der Waals surface area contributed by atoms with Crippen molar-refractivity contribution in [2.45, 2.75) is 0 Å². The Balaban J connectivity index is 0.994. The van der Waals surface area contributed by atoms with Crippen LogP contribution in [0.2, 0.25) is 0 Å². The number of fused-ring (bicyclic) bond motifs is 7. The lowest BCUT2D eigenvalue weighted by molar-refractivity contribution is 0.669. The summed E-state index contributed by atoms with van der Waals surface area (Å²) in [6.07, 6.45) is 0. The third-order valence-corrected chi connectivity index (χ3v) is 12.1. The van der Waals surface area contributed by atoms with Gasteiger partial charge >= 0.3 is 0 Å². The minimum absolute atomic E-state index is 0.687. The maximum Gasteiger partial charge on any atom is 0.160 e. The summed E-state index contributed by atoms with van der Waals surface area (Å²) in [6.45, 7) is 0. The molecule has 3 nitrogen and oxygen atoms in total. The number of aromatic nitrogens is 2. The lowest BCUT2D eigenvalue weighted by Gasteiger charge is -2.19. The number of nitrogens with zero attached hydrogens (tertiary/aromatic N) is 2. The fourth-order valence-electron chi connectivity index (χ4n) is 9.19. The van der Waals surface area contributed by atoms with E-state index >= 15 is 0 Å². The fourth-order valence-corrected chi connectivity index (χ4v) is 9.19. The van der Waals surface area contributed by atoms with Crippen LogP contribution >= 0.6 is 0 Å². The molecule has 12 rings (SSSR count). The van der Waals surface area contributed by atoms with Gasteiger partial charge in [-0.05, 0) is 96.0 Å². The van der Waals surface area contributed by atoms with E-state index in [2.05, 4.69) is 188 Å². The molecule has 284 valence electrons. The van der Waals surface area contributed by atoms with Crippen molar-refractivity contribution in [1.29, 1.82) is 0 Å². The zero-order valence-corrected chi connectivity index (χ0v) is 33.1. The fraction of sp³-hybridized carbons (Fsp3) is 0. The molecule has 10 aromatic carbocycles. The van der Waals surface area contributed by atoms with Crippen molar-refractivity contribution in [1.82, 2.24) is 9.97 Å². The number of furan rings is 1. The van der Waals surface area contributed by atoms with Crippen molar-refractivity contribution >= 4 is 54.3 Å². The van der Waals surface area contributed by atoms with E-state index in [1.165, 1.54) is 49.0 Å². The summed E-state index contributed by atoms with van der Waals surface area (Å²) in [5.74, 6) is 0.687. The van der Waals surface area contributed by atoms with Gasteiger partial charge in [-0.2, -0.15) is 0 Å². The van der Waals surface area contributed by atoms with Crippen molar-refractivity contribution in [3.05, 3.63) is 218 Å². The molecule has 2 aromatic heterocycles. The minimum atomic E-state index is 0.687. The molecule has 0 aliphatic heterocycles. The summed E-state index contributed by atoms with van der Waals surface area (Å²) < 4.78 is 6.26. The highest BCUT2D eigenvalue weighted by Crippen LogP contribution is 2.46. The van der Waals surface area contributed by atoms with Gasteiger partial charge in [-0.25, -0.2) is 9.97 Å². The van der Waals surface area contributed by atoms with Gasteiger partial charge in [0.1, 0.15) is 11.2 Å². The number of hydrogen-bond donors (Lipinski definition) is 0. The van der Waals surface area contributed by atoms with Crippen LogP contribution in [0.15, 0.2) is 223 Å². The Morgan fingerprint density at radius 3 is 1.59 bits per heavy atom. The van der Waals surface area contributed by atoms with Gasteiger partial charge < -0.3 is 4.42 Å². The van der Waals surface area contributed by atoms with Crippen molar-refractivity contribution in [3.8, 4) is 67.3 Å². The van der Waals surface area contributed by atoms with Crippen LogP contribution in [0.4, 0.5) is 0 Å². The quantitative estimate of drug-likeness (QED) is 0.125. The third kappa shape index (κ3) is 5.98. The Morgan fingerprint density at radius 2 is 0.803 bits per heavy atom. The number of rotatable bonds is 6. The Labute approximate surface area is 352 Å². The van der Waals surface area contributed by atoms with Crippen LogP contribution in [0.5, 0.6) is 0 Å². The highest BCUT2D eigenvalue weighted by molar-refractivity contribution is 6.28. The lowest BCUT2D eigenvalue weighted by Crippen LogP contribution is -1.96. The molecule has 2 heterocycles. The van der Waals surface area contributed by atoms with Crippen LogP contribution in [0, 0.1) is 0 Å². The van der Waals surface area contributed by atoms with E-state index in [-0.39, 0.29) is 0 Å². The second-order valence-electron chi connectivity index (χ2n) is 15.7. The molecule has 0 N–H and O–H groups in total. The molecule has 0 unspecified atom stereocenters.